The smallest absolute Gasteiger partial charge is 0.309 e. The van der Waals surface area contributed by atoms with Crippen LogP contribution in [-0.2, 0) is 20.9 Å². The highest BCUT2D eigenvalue weighted by atomic mass is 35.5. The fraction of sp³-hybridized carbons (Fsp3) is 0.286. The van der Waals surface area contributed by atoms with Crippen LogP contribution in [0.3, 0.4) is 0 Å². The minimum atomic E-state index is -0.810. The van der Waals surface area contributed by atoms with Crippen LogP contribution >= 0.6 is 11.6 Å². The number of amides is 3. The van der Waals surface area contributed by atoms with Crippen LogP contribution < -0.4 is 20.1 Å². The van der Waals surface area contributed by atoms with Gasteiger partial charge >= 0.3 is 11.8 Å². The molecule has 2 aromatic rings. The van der Waals surface area contributed by atoms with Crippen LogP contribution in [0, 0.1) is 0 Å². The molecule has 4 rings (SSSR count). The van der Waals surface area contributed by atoms with Crippen molar-refractivity contribution in [2.24, 2.45) is 0 Å². The van der Waals surface area contributed by atoms with Crippen molar-refractivity contribution in [1.29, 1.82) is 0 Å². The summed E-state index contributed by atoms with van der Waals surface area (Å²) in [6, 6.07) is 11.8. The summed E-state index contributed by atoms with van der Waals surface area (Å²) in [7, 11) is 0. The van der Waals surface area contributed by atoms with Gasteiger partial charge in [0.2, 0.25) is 6.79 Å². The van der Waals surface area contributed by atoms with Crippen LogP contribution in [0.1, 0.15) is 15.9 Å². The summed E-state index contributed by atoms with van der Waals surface area (Å²) >= 11 is 5.86. The zero-order chi connectivity index (χ0) is 21.8. The number of nitrogens with zero attached hydrogens (tertiary/aromatic N) is 1. The molecule has 0 radical (unpaired) electrons. The van der Waals surface area contributed by atoms with Crippen LogP contribution in [0.4, 0.5) is 0 Å². The number of benzene rings is 2. The van der Waals surface area contributed by atoms with E-state index in [0.717, 1.165) is 5.56 Å². The lowest BCUT2D eigenvalue weighted by molar-refractivity contribution is -0.139. The summed E-state index contributed by atoms with van der Waals surface area (Å²) in [5, 5.41) is 5.59. The van der Waals surface area contributed by atoms with Gasteiger partial charge in [-0.1, -0.05) is 17.7 Å². The standard InChI is InChI=1S/C21H20ClN3O6/c22-15-4-2-14(3-5-15)21(28)25-7-8-29-18(25)11-24-20(27)19(26)23-10-13-1-6-16-17(9-13)31-12-30-16/h1-6,9,18H,7-8,10-12H2,(H,23,26)(H,24,27). The number of nitrogens with one attached hydrogen (secondary N) is 2. The van der Waals surface area contributed by atoms with Gasteiger partial charge in [0.25, 0.3) is 5.91 Å². The van der Waals surface area contributed by atoms with Crippen molar-refractivity contribution in [2.45, 2.75) is 12.8 Å². The average molecular weight is 446 g/mol. The summed E-state index contributed by atoms with van der Waals surface area (Å²) < 4.78 is 16.1. The quantitative estimate of drug-likeness (QED) is 0.672. The van der Waals surface area contributed by atoms with Gasteiger partial charge in [0.15, 0.2) is 11.5 Å². The van der Waals surface area contributed by atoms with Gasteiger partial charge in [0.1, 0.15) is 6.23 Å². The number of ether oxygens (including phenoxy) is 3. The molecule has 162 valence electrons. The molecule has 2 heterocycles. The van der Waals surface area contributed by atoms with Gasteiger partial charge in [0, 0.05) is 23.7 Å². The van der Waals surface area contributed by atoms with Crippen molar-refractivity contribution >= 4 is 29.3 Å². The number of carbonyl (C=O) groups is 3. The minimum Gasteiger partial charge on any atom is -0.454 e. The third kappa shape index (κ3) is 4.89. The zero-order valence-electron chi connectivity index (χ0n) is 16.4. The topological polar surface area (TPSA) is 106 Å². The van der Waals surface area contributed by atoms with E-state index < -0.39 is 18.0 Å². The average Bonchev–Trinajstić information content (AvgIpc) is 3.44. The van der Waals surface area contributed by atoms with Crippen molar-refractivity contribution in [1.82, 2.24) is 15.5 Å². The summed E-state index contributed by atoms with van der Waals surface area (Å²) in [5.41, 5.74) is 1.23. The first-order chi connectivity index (χ1) is 15.0. The number of fused-ring (bicyclic) bond motifs is 1. The fourth-order valence-electron chi connectivity index (χ4n) is 3.25. The second-order valence-electron chi connectivity index (χ2n) is 6.91. The molecule has 2 aromatic carbocycles. The van der Waals surface area contributed by atoms with Crippen LogP contribution in [0.5, 0.6) is 11.5 Å². The molecule has 1 atom stereocenters. The predicted octanol–water partition coefficient (Wildman–Crippen LogP) is 1.30. The van der Waals surface area contributed by atoms with Crippen molar-refractivity contribution in [3.05, 3.63) is 58.6 Å². The summed E-state index contributed by atoms with van der Waals surface area (Å²) in [4.78, 5) is 38.4. The Bertz CT molecular complexity index is 997. The van der Waals surface area contributed by atoms with Gasteiger partial charge in [-0.25, -0.2) is 0 Å². The molecular weight excluding hydrogens is 426 g/mol. The molecule has 10 heteroatoms. The van der Waals surface area contributed by atoms with E-state index in [1.165, 1.54) is 4.90 Å². The highest BCUT2D eigenvalue weighted by Crippen LogP contribution is 2.32. The fourth-order valence-corrected chi connectivity index (χ4v) is 3.38. The van der Waals surface area contributed by atoms with Crippen molar-refractivity contribution < 1.29 is 28.6 Å². The Morgan fingerprint density at radius 1 is 1.00 bits per heavy atom. The molecule has 3 amide bonds. The summed E-state index contributed by atoms with van der Waals surface area (Å²) in [6.45, 7) is 1.04. The second-order valence-corrected chi connectivity index (χ2v) is 7.35. The third-order valence-electron chi connectivity index (χ3n) is 4.88. The minimum absolute atomic E-state index is 0.00436. The molecule has 31 heavy (non-hydrogen) atoms. The lowest BCUT2D eigenvalue weighted by atomic mass is 10.2. The first-order valence-corrected chi connectivity index (χ1v) is 10.0. The first-order valence-electron chi connectivity index (χ1n) is 9.64. The van der Waals surface area contributed by atoms with E-state index in [4.69, 9.17) is 25.8 Å². The molecule has 1 saturated heterocycles. The third-order valence-corrected chi connectivity index (χ3v) is 5.13. The summed E-state index contributed by atoms with van der Waals surface area (Å²) in [6.07, 6.45) is -0.659. The van der Waals surface area contributed by atoms with E-state index in [1.807, 2.05) is 0 Å². The molecule has 1 unspecified atom stereocenters. The number of hydrogen-bond donors (Lipinski definition) is 2. The van der Waals surface area contributed by atoms with Crippen LogP contribution in [-0.4, -0.2) is 55.3 Å². The SMILES string of the molecule is O=C(NCc1ccc2c(c1)OCO2)C(=O)NCC1OCCN1C(=O)c1ccc(Cl)cc1. The molecule has 0 aliphatic carbocycles. The Hall–Kier alpha value is -3.30. The predicted molar refractivity (Wildman–Crippen MR) is 110 cm³/mol. The second kappa shape index (κ2) is 9.23. The van der Waals surface area contributed by atoms with Crippen molar-refractivity contribution in [2.75, 3.05) is 26.5 Å². The van der Waals surface area contributed by atoms with Gasteiger partial charge in [-0.2, -0.15) is 0 Å². The van der Waals surface area contributed by atoms with Gasteiger partial charge < -0.3 is 29.7 Å². The van der Waals surface area contributed by atoms with E-state index in [1.54, 1.807) is 42.5 Å². The van der Waals surface area contributed by atoms with E-state index in [-0.39, 0.29) is 25.8 Å². The van der Waals surface area contributed by atoms with Crippen LogP contribution in [0.25, 0.3) is 0 Å². The number of rotatable bonds is 5. The van der Waals surface area contributed by atoms with E-state index >= 15 is 0 Å². The normalized spacial score (nSPS) is 16.8. The van der Waals surface area contributed by atoms with Crippen molar-refractivity contribution in [3.8, 4) is 11.5 Å². The molecule has 2 aliphatic rings. The largest absolute Gasteiger partial charge is 0.454 e. The maximum absolute atomic E-state index is 12.7. The monoisotopic (exact) mass is 445 g/mol. The molecule has 0 aromatic heterocycles. The Morgan fingerprint density at radius 2 is 1.74 bits per heavy atom. The molecule has 9 nitrogen and oxygen atoms in total. The Kier molecular flexibility index (Phi) is 6.24. The van der Waals surface area contributed by atoms with Crippen LogP contribution in [0.15, 0.2) is 42.5 Å². The number of carbonyl (C=O) groups excluding carboxylic acids is 3. The van der Waals surface area contributed by atoms with Crippen molar-refractivity contribution in [3.63, 3.8) is 0 Å². The molecule has 0 spiro atoms. The maximum Gasteiger partial charge on any atom is 0.309 e. The molecular formula is C21H20ClN3O6. The van der Waals surface area contributed by atoms with Gasteiger partial charge in [-0.15, -0.1) is 0 Å². The maximum atomic E-state index is 12.7. The van der Waals surface area contributed by atoms with E-state index in [2.05, 4.69) is 10.6 Å². The Labute approximate surface area is 183 Å². The summed E-state index contributed by atoms with van der Waals surface area (Å²) in [5.74, 6) is -0.593. The highest BCUT2D eigenvalue weighted by molar-refractivity contribution is 6.35. The molecule has 2 N–H and O–H groups in total. The van der Waals surface area contributed by atoms with Crippen LogP contribution in [0.2, 0.25) is 5.02 Å². The number of halogens is 1. The molecule has 0 saturated carbocycles. The first kappa shape index (κ1) is 21.0. The Balaban J connectivity index is 1.26. The van der Waals surface area contributed by atoms with Gasteiger partial charge in [0.05, 0.1) is 13.2 Å². The lowest BCUT2D eigenvalue weighted by Gasteiger charge is -2.23. The molecule has 1 fully saturated rings. The van der Waals surface area contributed by atoms with E-state index in [0.29, 0.717) is 35.2 Å². The molecule has 2 aliphatic heterocycles. The zero-order valence-corrected chi connectivity index (χ0v) is 17.2. The molecule has 0 bridgehead atoms. The lowest BCUT2D eigenvalue weighted by Crippen LogP contribution is -2.47. The van der Waals surface area contributed by atoms with Gasteiger partial charge in [-0.05, 0) is 42.0 Å². The highest BCUT2D eigenvalue weighted by Gasteiger charge is 2.31. The number of hydrogen-bond acceptors (Lipinski definition) is 6. The Morgan fingerprint density at radius 3 is 2.55 bits per heavy atom. The van der Waals surface area contributed by atoms with E-state index in [9.17, 15) is 14.4 Å². The van der Waals surface area contributed by atoms with Gasteiger partial charge in [-0.3, -0.25) is 14.4 Å².